The Hall–Kier alpha value is -3.06. The number of urea groups is 1. The van der Waals surface area contributed by atoms with Crippen LogP contribution < -0.4 is 15.4 Å². The molecule has 7 nitrogen and oxygen atoms in total. The summed E-state index contributed by atoms with van der Waals surface area (Å²) in [5.41, 5.74) is -0.126. The molecule has 0 aliphatic carbocycles. The number of anilines is 1. The minimum Gasteiger partial charge on any atom is -0.497 e. The second kappa shape index (κ2) is 7.28. The van der Waals surface area contributed by atoms with Crippen molar-refractivity contribution in [1.29, 1.82) is 0 Å². The molecular weight excluding hydrogens is 370 g/mol. The minimum atomic E-state index is -1.25. The van der Waals surface area contributed by atoms with Crippen molar-refractivity contribution >= 4 is 35.1 Å². The lowest BCUT2D eigenvalue weighted by Gasteiger charge is -2.22. The molecule has 0 unspecified atom stereocenters. The van der Waals surface area contributed by atoms with Gasteiger partial charge >= 0.3 is 6.03 Å². The fraction of sp³-hybridized carbons (Fsp3) is 0.211. The number of amides is 4. The lowest BCUT2D eigenvalue weighted by atomic mass is 9.92. The molecule has 1 aliphatic rings. The maximum Gasteiger partial charge on any atom is 0.325 e. The van der Waals surface area contributed by atoms with E-state index in [0.29, 0.717) is 22.0 Å². The Bertz CT molecular complexity index is 883. The third-order valence-corrected chi connectivity index (χ3v) is 4.62. The average molecular weight is 388 g/mol. The van der Waals surface area contributed by atoms with Gasteiger partial charge in [0.15, 0.2) is 0 Å². The Balaban J connectivity index is 1.71. The standard InChI is InChI=1S/C19H18ClN3O4/c1-19(12-3-5-13(20)6-4-12)17(25)23(18(26)22-19)11-16(24)21-14-7-9-15(27-2)10-8-14/h3-10H,11H2,1-2H3,(H,21,24)(H,22,26)/t19-/m1/s1. The highest BCUT2D eigenvalue weighted by Crippen LogP contribution is 2.29. The van der Waals surface area contributed by atoms with E-state index >= 15 is 0 Å². The molecule has 8 heteroatoms. The van der Waals surface area contributed by atoms with Crippen molar-refractivity contribution in [3.05, 3.63) is 59.1 Å². The smallest absolute Gasteiger partial charge is 0.325 e. The van der Waals surface area contributed by atoms with E-state index in [2.05, 4.69) is 10.6 Å². The quantitative estimate of drug-likeness (QED) is 0.772. The second-order valence-electron chi connectivity index (χ2n) is 6.23. The van der Waals surface area contributed by atoms with E-state index in [9.17, 15) is 14.4 Å². The summed E-state index contributed by atoms with van der Waals surface area (Å²) >= 11 is 5.88. The number of rotatable bonds is 5. The van der Waals surface area contributed by atoms with Crippen molar-refractivity contribution in [2.24, 2.45) is 0 Å². The molecule has 1 saturated heterocycles. The Kier molecular flexibility index (Phi) is 5.05. The zero-order chi connectivity index (χ0) is 19.6. The van der Waals surface area contributed by atoms with Crippen LogP contribution in [-0.4, -0.2) is 36.4 Å². The van der Waals surface area contributed by atoms with Crippen LogP contribution in [0.15, 0.2) is 48.5 Å². The Morgan fingerprint density at radius 3 is 2.37 bits per heavy atom. The van der Waals surface area contributed by atoms with Crippen molar-refractivity contribution in [2.75, 3.05) is 19.0 Å². The van der Waals surface area contributed by atoms with Gasteiger partial charge in [-0.05, 0) is 48.9 Å². The van der Waals surface area contributed by atoms with Crippen molar-refractivity contribution in [3.63, 3.8) is 0 Å². The number of carbonyl (C=O) groups excluding carboxylic acids is 3. The van der Waals surface area contributed by atoms with Gasteiger partial charge in [0.2, 0.25) is 5.91 Å². The molecule has 1 aliphatic heterocycles. The largest absolute Gasteiger partial charge is 0.497 e. The predicted octanol–water partition coefficient (Wildman–Crippen LogP) is 2.75. The highest BCUT2D eigenvalue weighted by atomic mass is 35.5. The van der Waals surface area contributed by atoms with E-state index < -0.39 is 23.4 Å². The zero-order valence-electron chi connectivity index (χ0n) is 14.8. The predicted molar refractivity (Wildman–Crippen MR) is 101 cm³/mol. The van der Waals surface area contributed by atoms with Crippen LogP contribution in [0.2, 0.25) is 5.02 Å². The van der Waals surface area contributed by atoms with Gasteiger partial charge in [0.25, 0.3) is 5.91 Å². The molecular formula is C19H18ClN3O4. The van der Waals surface area contributed by atoms with Crippen LogP contribution in [0.3, 0.4) is 0 Å². The van der Waals surface area contributed by atoms with Gasteiger partial charge in [-0.15, -0.1) is 0 Å². The van der Waals surface area contributed by atoms with E-state index in [-0.39, 0.29) is 6.54 Å². The van der Waals surface area contributed by atoms with Gasteiger partial charge in [0.1, 0.15) is 17.8 Å². The third kappa shape index (κ3) is 3.73. The van der Waals surface area contributed by atoms with Crippen LogP contribution >= 0.6 is 11.6 Å². The van der Waals surface area contributed by atoms with E-state index in [0.717, 1.165) is 4.90 Å². The lowest BCUT2D eigenvalue weighted by Crippen LogP contribution is -2.42. The van der Waals surface area contributed by atoms with Crippen LogP contribution in [0.4, 0.5) is 10.5 Å². The SMILES string of the molecule is COc1ccc(NC(=O)CN2C(=O)N[C@](C)(c3ccc(Cl)cc3)C2=O)cc1. The number of ether oxygens (including phenoxy) is 1. The summed E-state index contributed by atoms with van der Waals surface area (Å²) in [6.45, 7) is 1.21. The summed E-state index contributed by atoms with van der Waals surface area (Å²) in [5, 5.41) is 5.82. The lowest BCUT2D eigenvalue weighted by molar-refractivity contribution is -0.133. The molecule has 0 saturated carbocycles. The van der Waals surface area contributed by atoms with Crippen LogP contribution in [0.1, 0.15) is 12.5 Å². The van der Waals surface area contributed by atoms with Crippen LogP contribution in [0, 0.1) is 0 Å². The Morgan fingerprint density at radius 1 is 1.15 bits per heavy atom. The first-order valence-corrected chi connectivity index (χ1v) is 8.55. The highest BCUT2D eigenvalue weighted by molar-refractivity contribution is 6.30. The first kappa shape index (κ1) is 18.7. The molecule has 2 N–H and O–H groups in total. The molecule has 4 amide bonds. The van der Waals surface area contributed by atoms with Crippen LogP contribution in [0.25, 0.3) is 0 Å². The summed E-state index contributed by atoms with van der Waals surface area (Å²) in [6.07, 6.45) is 0. The molecule has 0 bridgehead atoms. The molecule has 1 atom stereocenters. The number of benzene rings is 2. The molecule has 1 heterocycles. The van der Waals surface area contributed by atoms with E-state index in [4.69, 9.17) is 16.3 Å². The highest BCUT2D eigenvalue weighted by Gasteiger charge is 2.49. The Labute approximate surface area is 161 Å². The fourth-order valence-corrected chi connectivity index (χ4v) is 2.96. The fourth-order valence-electron chi connectivity index (χ4n) is 2.84. The number of hydrogen-bond donors (Lipinski definition) is 2. The van der Waals surface area contributed by atoms with Crippen molar-refractivity contribution in [2.45, 2.75) is 12.5 Å². The minimum absolute atomic E-state index is 0.389. The number of imide groups is 1. The first-order valence-electron chi connectivity index (χ1n) is 8.17. The molecule has 140 valence electrons. The van der Waals surface area contributed by atoms with Crippen LogP contribution in [-0.2, 0) is 15.1 Å². The molecule has 2 aromatic rings. The number of hydrogen-bond acceptors (Lipinski definition) is 4. The number of halogens is 1. The summed E-state index contributed by atoms with van der Waals surface area (Å²) in [6, 6.07) is 12.7. The molecule has 3 rings (SSSR count). The van der Waals surface area contributed by atoms with Gasteiger partial charge < -0.3 is 15.4 Å². The van der Waals surface area contributed by atoms with E-state index in [1.807, 2.05) is 0 Å². The number of carbonyl (C=O) groups is 3. The number of nitrogens with one attached hydrogen (secondary N) is 2. The molecule has 0 radical (unpaired) electrons. The van der Waals surface area contributed by atoms with Crippen molar-refractivity contribution in [3.8, 4) is 5.75 Å². The molecule has 27 heavy (non-hydrogen) atoms. The van der Waals surface area contributed by atoms with Crippen LogP contribution in [0.5, 0.6) is 5.75 Å². The molecule has 0 aromatic heterocycles. The summed E-state index contributed by atoms with van der Waals surface area (Å²) in [4.78, 5) is 38.3. The maximum absolute atomic E-state index is 12.8. The number of methoxy groups -OCH3 is 1. The average Bonchev–Trinajstić information content (AvgIpc) is 2.87. The summed E-state index contributed by atoms with van der Waals surface area (Å²) in [7, 11) is 1.54. The van der Waals surface area contributed by atoms with Gasteiger partial charge in [-0.3, -0.25) is 14.5 Å². The van der Waals surface area contributed by atoms with Crippen molar-refractivity contribution in [1.82, 2.24) is 10.2 Å². The van der Waals surface area contributed by atoms with Gasteiger partial charge in [0, 0.05) is 10.7 Å². The monoisotopic (exact) mass is 387 g/mol. The van der Waals surface area contributed by atoms with E-state index in [1.54, 1.807) is 62.6 Å². The van der Waals surface area contributed by atoms with Gasteiger partial charge in [-0.2, -0.15) is 0 Å². The third-order valence-electron chi connectivity index (χ3n) is 4.37. The molecule has 1 fully saturated rings. The normalized spacial score (nSPS) is 19.0. The zero-order valence-corrected chi connectivity index (χ0v) is 15.5. The maximum atomic E-state index is 12.8. The van der Waals surface area contributed by atoms with Gasteiger partial charge in [-0.1, -0.05) is 23.7 Å². The second-order valence-corrected chi connectivity index (χ2v) is 6.67. The first-order chi connectivity index (χ1) is 12.8. The molecule has 0 spiro atoms. The number of nitrogens with zero attached hydrogens (tertiary/aromatic N) is 1. The Morgan fingerprint density at radius 2 is 1.78 bits per heavy atom. The van der Waals surface area contributed by atoms with E-state index in [1.165, 1.54) is 0 Å². The molecule has 2 aromatic carbocycles. The van der Waals surface area contributed by atoms with Gasteiger partial charge in [-0.25, -0.2) is 4.79 Å². The van der Waals surface area contributed by atoms with Gasteiger partial charge in [0.05, 0.1) is 7.11 Å². The topological polar surface area (TPSA) is 87.7 Å². The van der Waals surface area contributed by atoms with Crippen molar-refractivity contribution < 1.29 is 19.1 Å². The summed E-state index contributed by atoms with van der Waals surface area (Å²) in [5.74, 6) is -0.329. The summed E-state index contributed by atoms with van der Waals surface area (Å²) < 4.78 is 5.06.